The van der Waals surface area contributed by atoms with Gasteiger partial charge in [-0.05, 0) is 26.0 Å². The molecule has 0 saturated carbocycles. The molecular formula is C15H17ClN4O3S. The van der Waals surface area contributed by atoms with Crippen molar-refractivity contribution in [1.82, 2.24) is 15.3 Å². The molecule has 9 heteroatoms. The number of imidazole rings is 1. The van der Waals surface area contributed by atoms with Crippen molar-refractivity contribution in [3.05, 3.63) is 47.4 Å². The number of nitrogens with one attached hydrogen (secondary N) is 2. The molecule has 1 aromatic heterocycles. The largest absolute Gasteiger partial charge is 0.355 e. The van der Waals surface area contributed by atoms with Crippen molar-refractivity contribution in [2.45, 2.75) is 13.8 Å². The number of hydrogen-bond donors (Lipinski definition) is 3. The predicted octanol–water partition coefficient (Wildman–Crippen LogP) is 3.16. The van der Waals surface area contributed by atoms with Crippen molar-refractivity contribution < 1.29 is 13.0 Å². The van der Waals surface area contributed by atoms with Gasteiger partial charge in [-0.1, -0.05) is 29.3 Å². The summed E-state index contributed by atoms with van der Waals surface area (Å²) in [4.78, 5) is 10.9. The average molecular weight is 369 g/mol. The van der Waals surface area contributed by atoms with Crippen LogP contribution in [0.4, 0.5) is 5.69 Å². The van der Waals surface area contributed by atoms with Gasteiger partial charge >= 0.3 is 10.1 Å². The topological polar surface area (TPSA) is 107 Å². The molecule has 2 rings (SSSR count). The zero-order valence-corrected chi connectivity index (χ0v) is 14.7. The number of H-pyrrole nitrogens is 1. The Morgan fingerprint density at radius 2 is 2.21 bits per heavy atom. The Morgan fingerprint density at radius 1 is 1.46 bits per heavy atom. The molecule has 7 nitrogen and oxygen atoms in total. The average Bonchev–Trinajstić information content (AvgIpc) is 3.00. The van der Waals surface area contributed by atoms with Gasteiger partial charge in [0.05, 0.1) is 22.7 Å². The van der Waals surface area contributed by atoms with Crippen molar-refractivity contribution in [3.8, 4) is 11.3 Å². The highest BCUT2D eigenvalue weighted by molar-refractivity contribution is 8.01. The summed E-state index contributed by atoms with van der Waals surface area (Å²) < 4.78 is 32.2. The van der Waals surface area contributed by atoms with Gasteiger partial charge in [0.2, 0.25) is 5.17 Å². The minimum absolute atomic E-state index is 0.212. The third-order valence-electron chi connectivity index (χ3n) is 2.97. The molecule has 0 bridgehead atoms. The number of rotatable bonds is 4. The van der Waals surface area contributed by atoms with Crippen LogP contribution >= 0.6 is 11.6 Å². The van der Waals surface area contributed by atoms with Gasteiger partial charge in [-0.25, -0.2) is 9.98 Å². The van der Waals surface area contributed by atoms with Crippen LogP contribution in [-0.2, 0) is 10.1 Å². The highest BCUT2D eigenvalue weighted by Crippen LogP contribution is 2.30. The van der Waals surface area contributed by atoms with E-state index in [0.717, 1.165) is 11.1 Å². The number of amidine groups is 1. The molecule has 0 radical (unpaired) electrons. The summed E-state index contributed by atoms with van der Waals surface area (Å²) in [6.45, 7) is 3.96. The van der Waals surface area contributed by atoms with E-state index in [9.17, 15) is 13.0 Å². The third kappa shape index (κ3) is 4.92. The quantitative estimate of drug-likeness (QED) is 0.332. The minimum atomic E-state index is -4.50. The molecule has 128 valence electrons. The highest BCUT2D eigenvalue weighted by atomic mass is 35.5. The van der Waals surface area contributed by atoms with Crippen molar-refractivity contribution >= 4 is 32.6 Å². The van der Waals surface area contributed by atoms with Gasteiger partial charge in [0.25, 0.3) is 0 Å². The van der Waals surface area contributed by atoms with Gasteiger partial charge < -0.3 is 10.3 Å². The molecular weight excluding hydrogens is 352 g/mol. The fourth-order valence-corrected chi connectivity index (χ4v) is 2.52. The summed E-state index contributed by atoms with van der Waals surface area (Å²) in [5.74, 6) is 0. The lowest BCUT2D eigenvalue weighted by molar-refractivity contribution is 0.496. The number of benzene rings is 1. The summed E-state index contributed by atoms with van der Waals surface area (Å²) in [7, 11) is -4.50. The van der Waals surface area contributed by atoms with Gasteiger partial charge in [-0.3, -0.25) is 4.55 Å². The zero-order valence-electron chi connectivity index (χ0n) is 13.1. The van der Waals surface area contributed by atoms with E-state index in [1.165, 1.54) is 0 Å². The summed E-state index contributed by atoms with van der Waals surface area (Å²) in [6, 6.07) is 4.88. The number of allylic oxidation sites excluding steroid dienone is 1. The molecule has 0 aliphatic heterocycles. The Hall–Kier alpha value is -2.16. The van der Waals surface area contributed by atoms with E-state index in [4.69, 9.17) is 11.6 Å². The summed E-state index contributed by atoms with van der Waals surface area (Å²) in [5, 5.41) is 2.24. The molecule has 0 unspecified atom stereocenters. The maximum Gasteiger partial charge on any atom is 0.328 e. The molecule has 0 aliphatic rings. The number of hydrogen-bond acceptors (Lipinski definition) is 4. The maximum absolute atomic E-state index is 11.5. The van der Waals surface area contributed by atoms with E-state index in [1.807, 2.05) is 13.8 Å². The summed E-state index contributed by atoms with van der Waals surface area (Å²) in [5.41, 5.74) is 2.67. The van der Waals surface area contributed by atoms with Crippen LogP contribution in [0.3, 0.4) is 0 Å². The van der Waals surface area contributed by atoms with Crippen molar-refractivity contribution in [3.63, 3.8) is 0 Å². The Kier molecular flexibility index (Phi) is 5.76. The fraction of sp³-hybridized carbons (Fsp3) is 0.200. The first-order valence-electron chi connectivity index (χ1n) is 6.99. The molecule has 0 saturated heterocycles. The Balaban J connectivity index is 2.33. The van der Waals surface area contributed by atoms with Crippen LogP contribution in [0.2, 0.25) is 5.02 Å². The third-order valence-corrected chi connectivity index (χ3v) is 4.00. The number of halogens is 1. The molecule has 24 heavy (non-hydrogen) atoms. The standard InChI is InChI=1S/C15H17ClN4O3S/c1-10(2)5-6-18-15(24(21,22)23)20-13-4-3-11(7-12(13)16)14-8-17-9-19-14/h3-5,7-9H,6H2,1-2H3,(H,17,19)(H,18,20)(H,21,22,23). The summed E-state index contributed by atoms with van der Waals surface area (Å²) >= 11 is 6.16. The van der Waals surface area contributed by atoms with E-state index in [-0.39, 0.29) is 17.3 Å². The summed E-state index contributed by atoms with van der Waals surface area (Å²) in [6.07, 6.45) is 5.01. The number of aliphatic imine (C=N–C) groups is 1. The normalized spacial score (nSPS) is 12.1. The van der Waals surface area contributed by atoms with Crippen LogP contribution in [0.1, 0.15) is 13.8 Å². The maximum atomic E-state index is 11.5. The van der Waals surface area contributed by atoms with Crippen LogP contribution in [0.5, 0.6) is 0 Å². The first-order valence-corrected chi connectivity index (χ1v) is 8.81. The molecule has 0 atom stereocenters. The first-order chi connectivity index (χ1) is 11.3. The lowest BCUT2D eigenvalue weighted by Gasteiger charge is -2.07. The van der Waals surface area contributed by atoms with E-state index >= 15 is 0 Å². The second kappa shape index (κ2) is 7.61. The van der Waals surface area contributed by atoms with Gasteiger partial charge in [0.1, 0.15) is 0 Å². The molecule has 1 aromatic carbocycles. The highest BCUT2D eigenvalue weighted by Gasteiger charge is 2.16. The lowest BCUT2D eigenvalue weighted by atomic mass is 10.1. The first kappa shape index (κ1) is 18.2. The van der Waals surface area contributed by atoms with E-state index in [1.54, 1.807) is 36.8 Å². The van der Waals surface area contributed by atoms with Gasteiger partial charge in [-0.15, -0.1) is 0 Å². The molecule has 0 spiro atoms. The zero-order chi connectivity index (χ0) is 17.7. The van der Waals surface area contributed by atoms with Crippen molar-refractivity contribution in [1.29, 1.82) is 0 Å². The molecule has 0 aliphatic carbocycles. The number of aromatic amines is 1. The smallest absolute Gasteiger partial charge is 0.328 e. The van der Waals surface area contributed by atoms with Crippen LogP contribution in [0.25, 0.3) is 11.3 Å². The van der Waals surface area contributed by atoms with Gasteiger partial charge in [0.15, 0.2) is 0 Å². The molecule has 2 aromatic rings. The predicted molar refractivity (Wildman–Crippen MR) is 95.1 cm³/mol. The van der Waals surface area contributed by atoms with E-state index < -0.39 is 15.3 Å². The monoisotopic (exact) mass is 368 g/mol. The Labute approximate surface area is 145 Å². The SMILES string of the molecule is CC(C)=CCNC(=Nc1ccc(-c2c[nH]cn2)cc1Cl)S(=O)(=O)O. The minimum Gasteiger partial charge on any atom is -0.355 e. The van der Waals surface area contributed by atoms with Crippen LogP contribution in [-0.4, -0.2) is 34.7 Å². The second-order valence-corrected chi connectivity index (χ2v) is 6.92. The van der Waals surface area contributed by atoms with Crippen LogP contribution in [0.15, 0.2) is 47.4 Å². The molecule has 1 heterocycles. The lowest BCUT2D eigenvalue weighted by Crippen LogP contribution is -2.31. The Morgan fingerprint density at radius 3 is 2.75 bits per heavy atom. The Bertz CT molecular complexity index is 870. The van der Waals surface area contributed by atoms with Gasteiger partial charge in [0, 0.05) is 18.3 Å². The number of nitrogens with zero attached hydrogens (tertiary/aromatic N) is 2. The van der Waals surface area contributed by atoms with Crippen molar-refractivity contribution in [2.75, 3.05) is 6.54 Å². The van der Waals surface area contributed by atoms with Crippen LogP contribution in [0, 0.1) is 0 Å². The number of aromatic nitrogens is 2. The molecule has 3 N–H and O–H groups in total. The van der Waals surface area contributed by atoms with Gasteiger partial charge in [-0.2, -0.15) is 8.42 Å². The van der Waals surface area contributed by atoms with E-state index in [2.05, 4.69) is 20.3 Å². The van der Waals surface area contributed by atoms with Crippen LogP contribution < -0.4 is 5.32 Å². The molecule has 0 fully saturated rings. The second-order valence-electron chi connectivity index (χ2n) is 5.18. The molecule has 0 amide bonds. The van der Waals surface area contributed by atoms with Crippen molar-refractivity contribution in [2.24, 2.45) is 4.99 Å². The fourth-order valence-electron chi connectivity index (χ4n) is 1.82. The van der Waals surface area contributed by atoms with E-state index in [0.29, 0.717) is 5.69 Å².